The van der Waals surface area contributed by atoms with Crippen LogP contribution in [0.4, 0.5) is 28.8 Å². The molecule has 0 saturated carbocycles. The lowest BCUT2D eigenvalue weighted by molar-refractivity contribution is -0.138. The zero-order valence-electron chi connectivity index (χ0n) is 18.4. The third-order valence-corrected chi connectivity index (χ3v) is 5.53. The first kappa shape index (κ1) is 24.5. The molecule has 2 heterocycles. The third kappa shape index (κ3) is 6.22. The van der Waals surface area contributed by atoms with Gasteiger partial charge < -0.3 is 10.1 Å². The predicted molar refractivity (Wildman–Crippen MR) is 123 cm³/mol. The smallest absolute Gasteiger partial charge is 0.420 e. The molecule has 176 valence electrons. The Morgan fingerprint density at radius 1 is 1.21 bits per heavy atom. The number of hydrogen-bond acceptors (Lipinski definition) is 5. The number of urea groups is 1. The van der Waals surface area contributed by atoms with Gasteiger partial charge in [0.05, 0.1) is 23.6 Å². The summed E-state index contributed by atoms with van der Waals surface area (Å²) in [5, 5.41) is 4.61. The van der Waals surface area contributed by atoms with Gasteiger partial charge in [-0.05, 0) is 43.7 Å². The van der Waals surface area contributed by atoms with E-state index in [-0.39, 0.29) is 23.2 Å². The summed E-state index contributed by atoms with van der Waals surface area (Å²) in [6, 6.07) is 6.61. The summed E-state index contributed by atoms with van der Waals surface area (Å²) in [4.78, 5) is 22.5. The zero-order chi connectivity index (χ0) is 23.8. The number of pyridine rings is 1. The van der Waals surface area contributed by atoms with Crippen molar-refractivity contribution in [3.8, 4) is 17.0 Å². The second-order valence-corrected chi connectivity index (χ2v) is 8.00. The van der Waals surface area contributed by atoms with E-state index in [1.807, 2.05) is 13.0 Å². The normalized spacial score (nSPS) is 11.3. The average molecular weight is 479 g/mol. The fraction of sp³-hybridized carbons (Fsp3) is 0.348. The van der Waals surface area contributed by atoms with Crippen molar-refractivity contribution in [1.82, 2.24) is 15.3 Å². The standard InChI is InChI=1S/C23H25F3N4O2S/c1-3-5-6-12-32-20-10-9-17(13-18(20)23(24,25)26)30(21(31)28-4-2)22-29-19(15-33-22)16-8-7-11-27-14-16/h7-11,13-15H,3-6,12H2,1-2H3,(H,28,31). The van der Waals surface area contributed by atoms with E-state index < -0.39 is 17.8 Å². The van der Waals surface area contributed by atoms with Gasteiger partial charge in [0, 0.05) is 29.9 Å². The molecule has 1 aromatic carbocycles. The number of carbonyl (C=O) groups excluding carboxylic acids is 1. The molecule has 0 aliphatic carbocycles. The molecule has 0 bridgehead atoms. The molecule has 3 aromatic rings. The fourth-order valence-electron chi connectivity index (χ4n) is 3.10. The highest BCUT2D eigenvalue weighted by Crippen LogP contribution is 2.41. The fourth-order valence-corrected chi connectivity index (χ4v) is 3.95. The van der Waals surface area contributed by atoms with Crippen molar-refractivity contribution in [2.45, 2.75) is 39.3 Å². The molecule has 1 N–H and O–H groups in total. The minimum Gasteiger partial charge on any atom is -0.493 e. The van der Waals surface area contributed by atoms with Crippen LogP contribution in [0.2, 0.25) is 0 Å². The topological polar surface area (TPSA) is 67.3 Å². The number of hydrogen-bond donors (Lipinski definition) is 1. The number of carbonyl (C=O) groups is 1. The quantitative estimate of drug-likeness (QED) is 0.349. The Morgan fingerprint density at radius 2 is 2.03 bits per heavy atom. The monoisotopic (exact) mass is 478 g/mol. The molecular formula is C23H25F3N4O2S. The number of nitrogens with one attached hydrogen (secondary N) is 1. The third-order valence-electron chi connectivity index (χ3n) is 4.70. The summed E-state index contributed by atoms with van der Waals surface area (Å²) < 4.78 is 46.9. The average Bonchev–Trinajstić information content (AvgIpc) is 3.27. The van der Waals surface area contributed by atoms with Gasteiger partial charge in [-0.15, -0.1) is 11.3 Å². The Kier molecular flexibility index (Phi) is 8.26. The first-order valence-corrected chi connectivity index (χ1v) is 11.5. The van der Waals surface area contributed by atoms with Crippen molar-refractivity contribution < 1.29 is 22.7 Å². The molecule has 0 saturated heterocycles. The van der Waals surface area contributed by atoms with E-state index in [2.05, 4.69) is 15.3 Å². The van der Waals surface area contributed by atoms with Gasteiger partial charge in [0.25, 0.3) is 0 Å². The summed E-state index contributed by atoms with van der Waals surface area (Å²) in [7, 11) is 0. The van der Waals surface area contributed by atoms with E-state index in [1.165, 1.54) is 12.1 Å². The maximum atomic E-state index is 13.8. The molecule has 3 rings (SSSR count). The van der Waals surface area contributed by atoms with Gasteiger partial charge >= 0.3 is 12.2 Å². The summed E-state index contributed by atoms with van der Waals surface area (Å²) in [6.07, 6.45) is 1.08. The molecule has 0 atom stereocenters. The lowest BCUT2D eigenvalue weighted by Gasteiger charge is -2.22. The molecule has 6 nitrogen and oxygen atoms in total. The number of aromatic nitrogens is 2. The molecule has 0 radical (unpaired) electrons. The molecule has 0 unspecified atom stereocenters. The lowest BCUT2D eigenvalue weighted by Crippen LogP contribution is -2.36. The summed E-state index contributed by atoms with van der Waals surface area (Å²) in [6.45, 7) is 4.23. The number of unbranched alkanes of at least 4 members (excludes halogenated alkanes) is 2. The number of halogens is 3. The number of rotatable bonds is 9. The van der Waals surface area contributed by atoms with Crippen molar-refractivity contribution in [2.24, 2.45) is 0 Å². The van der Waals surface area contributed by atoms with E-state index in [4.69, 9.17) is 4.74 Å². The summed E-state index contributed by atoms with van der Waals surface area (Å²) in [5.41, 5.74) is 0.420. The van der Waals surface area contributed by atoms with Crippen molar-refractivity contribution in [2.75, 3.05) is 18.1 Å². The Labute approximate surface area is 194 Å². The van der Waals surface area contributed by atoms with Crippen molar-refractivity contribution >= 4 is 28.2 Å². The highest BCUT2D eigenvalue weighted by atomic mass is 32.1. The first-order valence-electron chi connectivity index (χ1n) is 10.6. The minimum atomic E-state index is -4.65. The van der Waals surface area contributed by atoms with Crippen LogP contribution in [0.15, 0.2) is 48.1 Å². The van der Waals surface area contributed by atoms with Crippen LogP contribution in [0.1, 0.15) is 38.7 Å². The predicted octanol–water partition coefficient (Wildman–Crippen LogP) is 6.66. The molecule has 0 fully saturated rings. The molecule has 33 heavy (non-hydrogen) atoms. The van der Waals surface area contributed by atoms with Gasteiger partial charge in [-0.2, -0.15) is 13.2 Å². The van der Waals surface area contributed by atoms with Crippen LogP contribution >= 0.6 is 11.3 Å². The van der Waals surface area contributed by atoms with Gasteiger partial charge in [0.15, 0.2) is 5.13 Å². The molecular weight excluding hydrogens is 453 g/mol. The highest BCUT2D eigenvalue weighted by Gasteiger charge is 2.36. The molecule has 2 aromatic heterocycles. The van der Waals surface area contributed by atoms with Crippen molar-refractivity contribution in [3.05, 3.63) is 53.7 Å². The van der Waals surface area contributed by atoms with Gasteiger partial charge in [0.2, 0.25) is 0 Å². The van der Waals surface area contributed by atoms with E-state index in [0.29, 0.717) is 18.7 Å². The van der Waals surface area contributed by atoms with E-state index >= 15 is 0 Å². The molecule has 2 amide bonds. The van der Waals surface area contributed by atoms with E-state index in [9.17, 15) is 18.0 Å². The van der Waals surface area contributed by atoms with Gasteiger partial charge in [-0.1, -0.05) is 19.8 Å². The SMILES string of the molecule is CCCCCOc1ccc(N(C(=O)NCC)c2nc(-c3cccnc3)cs2)cc1C(F)(F)F. The van der Waals surface area contributed by atoms with Crippen molar-refractivity contribution in [1.29, 1.82) is 0 Å². The number of thiazole rings is 1. The molecule has 0 spiro atoms. The maximum Gasteiger partial charge on any atom is 0.420 e. The minimum absolute atomic E-state index is 0.0428. The van der Waals surface area contributed by atoms with Crippen LogP contribution in [0.25, 0.3) is 11.3 Å². The number of amides is 2. The Balaban J connectivity index is 1.99. The van der Waals surface area contributed by atoms with Crippen LogP contribution in [-0.4, -0.2) is 29.2 Å². The number of benzene rings is 1. The molecule has 0 aliphatic rings. The first-order chi connectivity index (χ1) is 15.8. The van der Waals surface area contributed by atoms with Crippen LogP contribution in [0.3, 0.4) is 0 Å². The summed E-state index contributed by atoms with van der Waals surface area (Å²) >= 11 is 1.15. The second-order valence-electron chi connectivity index (χ2n) is 7.16. The lowest BCUT2D eigenvalue weighted by atomic mass is 10.1. The van der Waals surface area contributed by atoms with E-state index in [0.717, 1.165) is 40.7 Å². The maximum absolute atomic E-state index is 13.8. The van der Waals surface area contributed by atoms with Crippen LogP contribution < -0.4 is 15.0 Å². The Hall–Kier alpha value is -3.14. The molecule has 10 heteroatoms. The van der Waals surface area contributed by atoms with Crippen LogP contribution in [0, 0.1) is 0 Å². The molecule has 0 aliphatic heterocycles. The highest BCUT2D eigenvalue weighted by molar-refractivity contribution is 7.14. The van der Waals surface area contributed by atoms with Crippen LogP contribution in [-0.2, 0) is 6.18 Å². The number of alkyl halides is 3. The Morgan fingerprint density at radius 3 is 2.70 bits per heavy atom. The van der Waals surface area contributed by atoms with Crippen molar-refractivity contribution in [3.63, 3.8) is 0 Å². The number of ether oxygens (including phenoxy) is 1. The van der Waals surface area contributed by atoms with Gasteiger partial charge in [-0.25, -0.2) is 14.7 Å². The van der Waals surface area contributed by atoms with Gasteiger partial charge in [0.1, 0.15) is 5.75 Å². The number of nitrogens with zero attached hydrogens (tertiary/aromatic N) is 3. The zero-order valence-corrected chi connectivity index (χ0v) is 19.2. The van der Waals surface area contributed by atoms with Gasteiger partial charge in [-0.3, -0.25) is 4.98 Å². The second kappa shape index (κ2) is 11.1. The van der Waals surface area contributed by atoms with E-state index in [1.54, 1.807) is 30.8 Å². The summed E-state index contributed by atoms with van der Waals surface area (Å²) in [5.74, 6) is -0.256. The largest absolute Gasteiger partial charge is 0.493 e. The Bertz CT molecular complexity index is 1060. The van der Waals surface area contributed by atoms with Crippen LogP contribution in [0.5, 0.6) is 5.75 Å². The number of anilines is 2.